The Morgan fingerprint density at radius 1 is 1.44 bits per heavy atom. The molecule has 18 heavy (non-hydrogen) atoms. The van der Waals surface area contributed by atoms with Crippen LogP contribution in [0, 0.1) is 6.92 Å². The molecule has 0 saturated heterocycles. The maximum atomic E-state index is 10.8. The van der Waals surface area contributed by atoms with Gasteiger partial charge >= 0.3 is 5.97 Å². The van der Waals surface area contributed by atoms with Crippen LogP contribution in [0.15, 0.2) is 29.6 Å². The second-order valence-corrected chi connectivity index (χ2v) is 5.35. The van der Waals surface area contributed by atoms with Gasteiger partial charge in [0.25, 0.3) is 0 Å². The highest BCUT2D eigenvalue weighted by Gasteiger charge is 2.05. The van der Waals surface area contributed by atoms with E-state index in [1.54, 1.807) is 29.5 Å². The molecule has 2 aromatic rings. The van der Waals surface area contributed by atoms with Crippen molar-refractivity contribution < 1.29 is 9.90 Å². The lowest BCUT2D eigenvalue weighted by molar-refractivity contribution is 0.0697. The summed E-state index contributed by atoms with van der Waals surface area (Å²) in [5, 5.41) is 14.8. The average Bonchev–Trinajstić information content (AvgIpc) is 2.73. The molecule has 0 amide bonds. The molecule has 0 spiro atoms. The van der Waals surface area contributed by atoms with Crippen molar-refractivity contribution >= 4 is 34.6 Å². The van der Waals surface area contributed by atoms with E-state index >= 15 is 0 Å². The van der Waals surface area contributed by atoms with Gasteiger partial charge in [0.1, 0.15) is 0 Å². The van der Waals surface area contributed by atoms with E-state index in [1.165, 1.54) is 0 Å². The van der Waals surface area contributed by atoms with Crippen LogP contribution in [0.5, 0.6) is 0 Å². The molecule has 1 aromatic carbocycles. The number of anilines is 1. The first-order valence-corrected chi connectivity index (χ1v) is 6.63. The minimum absolute atomic E-state index is 0.303. The average molecular weight is 282 g/mol. The number of hydrogen-bond acceptors (Lipinski definition) is 3. The largest absolute Gasteiger partial charge is 0.478 e. The Morgan fingerprint density at radius 2 is 2.22 bits per heavy atom. The lowest BCUT2D eigenvalue weighted by Gasteiger charge is -2.09. The third kappa shape index (κ3) is 3.03. The Hall–Kier alpha value is -1.52. The van der Waals surface area contributed by atoms with Gasteiger partial charge in [-0.1, -0.05) is 11.6 Å². The van der Waals surface area contributed by atoms with Gasteiger partial charge in [0.2, 0.25) is 0 Å². The van der Waals surface area contributed by atoms with Crippen molar-refractivity contribution in [2.24, 2.45) is 0 Å². The third-order valence-corrected chi connectivity index (χ3v) is 3.83. The normalized spacial score (nSPS) is 10.3. The van der Waals surface area contributed by atoms with Gasteiger partial charge in [0.05, 0.1) is 10.6 Å². The predicted molar refractivity (Wildman–Crippen MR) is 74.8 cm³/mol. The molecular weight excluding hydrogens is 270 g/mol. The van der Waals surface area contributed by atoms with Crippen LogP contribution in [-0.4, -0.2) is 11.1 Å². The molecule has 3 nitrogen and oxygen atoms in total. The Morgan fingerprint density at radius 3 is 2.78 bits per heavy atom. The van der Waals surface area contributed by atoms with E-state index in [1.807, 2.05) is 18.4 Å². The van der Waals surface area contributed by atoms with Crippen LogP contribution in [0.4, 0.5) is 5.69 Å². The number of aromatic carboxylic acids is 1. The highest BCUT2D eigenvalue weighted by atomic mass is 35.5. The molecule has 2 rings (SSSR count). The van der Waals surface area contributed by atoms with Gasteiger partial charge in [-0.2, -0.15) is 0 Å². The van der Waals surface area contributed by atoms with E-state index in [0.717, 1.165) is 21.2 Å². The van der Waals surface area contributed by atoms with Crippen LogP contribution in [0.2, 0.25) is 5.02 Å². The van der Waals surface area contributed by atoms with Crippen LogP contribution in [0.25, 0.3) is 0 Å². The Labute approximate surface area is 114 Å². The van der Waals surface area contributed by atoms with Crippen molar-refractivity contribution in [1.29, 1.82) is 0 Å². The van der Waals surface area contributed by atoms with Crippen LogP contribution in [0.1, 0.15) is 20.8 Å². The number of hydrogen-bond donors (Lipinski definition) is 2. The molecule has 0 aliphatic heterocycles. The van der Waals surface area contributed by atoms with Gasteiger partial charge < -0.3 is 10.4 Å². The molecule has 1 aromatic heterocycles. The molecular formula is C13H12ClNO2S. The summed E-state index contributed by atoms with van der Waals surface area (Å²) in [6.45, 7) is 2.57. The van der Waals surface area contributed by atoms with Crippen molar-refractivity contribution in [3.05, 3.63) is 50.7 Å². The number of benzene rings is 1. The Balaban J connectivity index is 2.08. The van der Waals surface area contributed by atoms with Gasteiger partial charge in [0, 0.05) is 22.5 Å². The van der Waals surface area contributed by atoms with E-state index in [-0.39, 0.29) is 0 Å². The number of aryl methyl sites for hydroxylation is 1. The molecule has 94 valence electrons. The lowest BCUT2D eigenvalue weighted by Crippen LogP contribution is -2.02. The van der Waals surface area contributed by atoms with E-state index < -0.39 is 5.97 Å². The van der Waals surface area contributed by atoms with Gasteiger partial charge in [-0.3, -0.25) is 0 Å². The maximum Gasteiger partial charge on any atom is 0.335 e. The number of thiophene rings is 1. The first-order valence-electron chi connectivity index (χ1n) is 5.37. The fourth-order valence-corrected chi connectivity index (χ4v) is 2.64. The van der Waals surface area contributed by atoms with Crippen LogP contribution in [-0.2, 0) is 6.54 Å². The standard InChI is InChI=1S/C13H12ClNO2S/c1-8-4-9(13(16)17)2-3-12(8)15-6-11-5-10(14)7-18-11/h2-5,7,15H,6H2,1H3,(H,16,17). The maximum absolute atomic E-state index is 10.8. The fourth-order valence-electron chi connectivity index (χ4n) is 1.62. The van der Waals surface area contributed by atoms with Crippen LogP contribution < -0.4 is 5.32 Å². The first kappa shape index (κ1) is 12.9. The van der Waals surface area contributed by atoms with Gasteiger partial charge in [-0.05, 0) is 36.8 Å². The Kier molecular flexibility index (Phi) is 3.89. The molecule has 0 aliphatic carbocycles. The molecule has 0 bridgehead atoms. The highest BCUT2D eigenvalue weighted by Crippen LogP contribution is 2.22. The van der Waals surface area contributed by atoms with Gasteiger partial charge in [0.15, 0.2) is 0 Å². The zero-order chi connectivity index (χ0) is 13.1. The summed E-state index contributed by atoms with van der Waals surface area (Å²) in [5.74, 6) is -0.908. The van der Waals surface area contributed by atoms with E-state index in [0.29, 0.717) is 12.1 Å². The van der Waals surface area contributed by atoms with Crippen LogP contribution >= 0.6 is 22.9 Å². The first-order chi connectivity index (χ1) is 8.56. The van der Waals surface area contributed by atoms with Crippen molar-refractivity contribution in [2.45, 2.75) is 13.5 Å². The molecule has 0 aliphatic rings. The molecule has 0 fully saturated rings. The van der Waals surface area contributed by atoms with Crippen molar-refractivity contribution in [3.63, 3.8) is 0 Å². The van der Waals surface area contributed by atoms with Gasteiger partial charge in [-0.15, -0.1) is 11.3 Å². The lowest BCUT2D eigenvalue weighted by atomic mass is 10.1. The molecule has 5 heteroatoms. The van der Waals surface area contributed by atoms with E-state index in [9.17, 15) is 4.79 Å². The molecule has 0 atom stereocenters. The molecule has 0 saturated carbocycles. The highest BCUT2D eigenvalue weighted by molar-refractivity contribution is 7.10. The predicted octanol–water partition coefficient (Wildman–Crippen LogP) is 4.02. The zero-order valence-electron chi connectivity index (χ0n) is 9.74. The molecule has 0 radical (unpaired) electrons. The van der Waals surface area contributed by atoms with E-state index in [4.69, 9.17) is 16.7 Å². The summed E-state index contributed by atoms with van der Waals surface area (Å²) in [7, 11) is 0. The number of carboxylic acid groups (broad SMARTS) is 1. The Bertz CT molecular complexity index is 580. The quantitative estimate of drug-likeness (QED) is 0.890. The number of nitrogens with one attached hydrogen (secondary N) is 1. The summed E-state index contributed by atoms with van der Waals surface area (Å²) in [4.78, 5) is 12.0. The number of rotatable bonds is 4. The summed E-state index contributed by atoms with van der Waals surface area (Å²) in [6.07, 6.45) is 0. The smallest absolute Gasteiger partial charge is 0.335 e. The zero-order valence-corrected chi connectivity index (χ0v) is 11.3. The molecule has 1 heterocycles. The van der Waals surface area contributed by atoms with Gasteiger partial charge in [-0.25, -0.2) is 4.79 Å². The fraction of sp³-hybridized carbons (Fsp3) is 0.154. The van der Waals surface area contributed by atoms with Crippen molar-refractivity contribution in [3.8, 4) is 0 Å². The summed E-state index contributed by atoms with van der Waals surface area (Å²) in [6, 6.07) is 6.96. The topological polar surface area (TPSA) is 49.3 Å². The van der Waals surface area contributed by atoms with Crippen LogP contribution in [0.3, 0.4) is 0 Å². The minimum atomic E-state index is -0.908. The number of carboxylic acids is 1. The third-order valence-electron chi connectivity index (χ3n) is 2.55. The monoisotopic (exact) mass is 281 g/mol. The summed E-state index contributed by atoms with van der Waals surface area (Å²) in [5.41, 5.74) is 2.15. The second kappa shape index (κ2) is 5.42. The summed E-state index contributed by atoms with van der Waals surface area (Å²) >= 11 is 7.44. The minimum Gasteiger partial charge on any atom is -0.478 e. The van der Waals surface area contributed by atoms with E-state index in [2.05, 4.69) is 5.32 Å². The van der Waals surface area contributed by atoms with Crippen molar-refractivity contribution in [1.82, 2.24) is 0 Å². The molecule has 0 unspecified atom stereocenters. The number of carbonyl (C=O) groups is 1. The summed E-state index contributed by atoms with van der Waals surface area (Å²) < 4.78 is 0. The van der Waals surface area contributed by atoms with Crippen molar-refractivity contribution in [2.75, 3.05) is 5.32 Å². The molecule has 2 N–H and O–H groups in total. The number of halogens is 1. The second-order valence-electron chi connectivity index (χ2n) is 3.92. The SMILES string of the molecule is Cc1cc(C(=O)O)ccc1NCc1cc(Cl)cs1.